The van der Waals surface area contributed by atoms with Crippen LogP contribution in [0.15, 0.2) is 14.6 Å². The van der Waals surface area contributed by atoms with Gasteiger partial charge >= 0.3 is 5.69 Å². The normalized spacial score (nSPS) is 13.4. The maximum absolute atomic E-state index is 12.5. The highest BCUT2D eigenvalue weighted by Crippen LogP contribution is 2.25. The monoisotopic (exact) mass is 389 g/mol. The van der Waals surface area contributed by atoms with Gasteiger partial charge < -0.3 is 0 Å². The molecule has 2 rings (SSSR count). The van der Waals surface area contributed by atoms with Crippen molar-refractivity contribution in [1.29, 1.82) is 0 Å². The molecule has 0 saturated heterocycles. The third-order valence-corrected chi connectivity index (χ3v) is 4.13. The van der Waals surface area contributed by atoms with Crippen LogP contribution < -0.4 is 11.2 Å². The fraction of sp³-hybridized carbons (Fsp3) is 0.643. The standard InChI is InChI=1S/C14H20IN3O2/c1-3-5-7-17-12-10(9-11(15)16-12)13(19)18(14(17)20)8-6-4-2/h3-9H2,1-2H3. The van der Waals surface area contributed by atoms with Crippen molar-refractivity contribution < 1.29 is 0 Å². The highest BCUT2D eigenvalue weighted by Gasteiger charge is 2.23. The van der Waals surface area contributed by atoms with Crippen LogP contribution in [0.25, 0.3) is 0 Å². The first-order valence-electron chi connectivity index (χ1n) is 7.19. The molecular formula is C14H20IN3O2. The fourth-order valence-corrected chi connectivity index (χ4v) is 2.97. The molecule has 2 heterocycles. The summed E-state index contributed by atoms with van der Waals surface area (Å²) in [6.45, 7) is 5.28. The Labute approximate surface area is 131 Å². The fourth-order valence-electron chi connectivity index (χ4n) is 2.36. The summed E-state index contributed by atoms with van der Waals surface area (Å²) >= 11 is 2.14. The predicted octanol–water partition coefficient (Wildman–Crippen LogP) is 2.63. The van der Waals surface area contributed by atoms with Gasteiger partial charge in [-0.05, 0) is 35.4 Å². The number of halogens is 1. The van der Waals surface area contributed by atoms with E-state index in [0.29, 0.717) is 30.9 Å². The van der Waals surface area contributed by atoms with Crippen LogP contribution >= 0.6 is 22.6 Å². The SMILES string of the molecule is CCCCn1c2c(c(=O)n(CCCC)c1=O)CC(I)=N2. The first kappa shape index (κ1) is 15.5. The van der Waals surface area contributed by atoms with Gasteiger partial charge in [0.15, 0.2) is 0 Å². The molecule has 0 atom stereocenters. The summed E-state index contributed by atoms with van der Waals surface area (Å²) in [5, 5.41) is 0. The molecule has 0 aromatic carbocycles. The Morgan fingerprint density at radius 3 is 2.30 bits per heavy atom. The predicted molar refractivity (Wildman–Crippen MR) is 89.6 cm³/mol. The quantitative estimate of drug-likeness (QED) is 0.703. The smallest absolute Gasteiger partial charge is 0.278 e. The van der Waals surface area contributed by atoms with Crippen LogP contribution in [-0.2, 0) is 19.5 Å². The van der Waals surface area contributed by atoms with E-state index >= 15 is 0 Å². The molecule has 1 aliphatic heterocycles. The lowest BCUT2D eigenvalue weighted by Crippen LogP contribution is -2.41. The van der Waals surface area contributed by atoms with Gasteiger partial charge in [-0.2, -0.15) is 0 Å². The Hall–Kier alpha value is -0.920. The van der Waals surface area contributed by atoms with Gasteiger partial charge in [-0.25, -0.2) is 9.79 Å². The first-order valence-corrected chi connectivity index (χ1v) is 8.27. The average Bonchev–Trinajstić information content (AvgIpc) is 2.81. The first-order chi connectivity index (χ1) is 9.60. The Bertz CT molecular complexity index is 643. The average molecular weight is 389 g/mol. The Balaban J connectivity index is 2.56. The Morgan fingerprint density at radius 2 is 1.70 bits per heavy atom. The molecule has 1 aromatic rings. The minimum absolute atomic E-state index is 0.151. The van der Waals surface area contributed by atoms with Gasteiger partial charge in [-0.1, -0.05) is 26.7 Å². The van der Waals surface area contributed by atoms with Crippen LogP contribution in [-0.4, -0.2) is 12.9 Å². The van der Waals surface area contributed by atoms with Gasteiger partial charge in [-0.15, -0.1) is 0 Å². The molecular weight excluding hydrogens is 369 g/mol. The molecule has 6 heteroatoms. The molecule has 0 bridgehead atoms. The molecule has 0 fully saturated rings. The van der Waals surface area contributed by atoms with Crippen molar-refractivity contribution in [1.82, 2.24) is 9.13 Å². The summed E-state index contributed by atoms with van der Waals surface area (Å²) in [7, 11) is 0. The van der Waals surface area contributed by atoms with E-state index < -0.39 is 0 Å². The van der Waals surface area contributed by atoms with Crippen LogP contribution in [0.4, 0.5) is 5.82 Å². The van der Waals surface area contributed by atoms with Gasteiger partial charge in [0.05, 0.1) is 9.28 Å². The number of aliphatic imine (C=N–C) groups is 1. The lowest BCUT2D eigenvalue weighted by Gasteiger charge is -2.13. The van der Waals surface area contributed by atoms with Crippen molar-refractivity contribution >= 4 is 32.1 Å². The van der Waals surface area contributed by atoms with E-state index in [0.717, 1.165) is 29.4 Å². The Morgan fingerprint density at radius 1 is 1.10 bits per heavy atom. The van der Waals surface area contributed by atoms with E-state index in [1.165, 1.54) is 4.57 Å². The third-order valence-electron chi connectivity index (χ3n) is 3.51. The van der Waals surface area contributed by atoms with Gasteiger partial charge in [-0.3, -0.25) is 13.9 Å². The summed E-state index contributed by atoms with van der Waals surface area (Å²) < 4.78 is 3.96. The second-order valence-corrected chi connectivity index (χ2v) is 6.31. The van der Waals surface area contributed by atoms with Crippen molar-refractivity contribution in [2.75, 3.05) is 0 Å². The van der Waals surface area contributed by atoms with Crippen molar-refractivity contribution in [3.05, 3.63) is 26.4 Å². The molecule has 1 aliphatic rings. The van der Waals surface area contributed by atoms with Gasteiger partial charge in [0.25, 0.3) is 5.56 Å². The maximum atomic E-state index is 12.5. The summed E-state index contributed by atoms with van der Waals surface area (Å²) in [6.07, 6.45) is 4.30. The third kappa shape index (κ3) is 2.89. The molecule has 0 saturated carbocycles. The molecule has 1 aromatic heterocycles. The van der Waals surface area contributed by atoms with E-state index in [1.807, 2.05) is 0 Å². The maximum Gasteiger partial charge on any atom is 0.332 e. The number of hydrogen-bond acceptors (Lipinski definition) is 3. The summed E-state index contributed by atoms with van der Waals surface area (Å²) in [5.41, 5.74) is 0.327. The Kier molecular flexibility index (Phi) is 5.17. The largest absolute Gasteiger partial charge is 0.332 e. The number of nitrogens with zero attached hydrogens (tertiary/aromatic N) is 3. The highest BCUT2D eigenvalue weighted by molar-refractivity contribution is 14.1. The van der Waals surface area contributed by atoms with Gasteiger partial charge in [0.1, 0.15) is 5.82 Å². The van der Waals surface area contributed by atoms with Crippen LogP contribution in [0.3, 0.4) is 0 Å². The summed E-state index contributed by atoms with van der Waals surface area (Å²) in [6, 6.07) is 0. The molecule has 0 radical (unpaired) electrons. The molecule has 20 heavy (non-hydrogen) atoms. The summed E-state index contributed by atoms with van der Waals surface area (Å²) in [5.74, 6) is 0.589. The number of fused-ring (bicyclic) bond motifs is 1. The van der Waals surface area contributed by atoms with Crippen LogP contribution in [0, 0.1) is 0 Å². The molecule has 110 valence electrons. The van der Waals surface area contributed by atoms with E-state index in [1.54, 1.807) is 4.57 Å². The van der Waals surface area contributed by atoms with E-state index in [4.69, 9.17) is 0 Å². The van der Waals surface area contributed by atoms with Crippen molar-refractivity contribution in [3.63, 3.8) is 0 Å². The molecule has 5 nitrogen and oxygen atoms in total. The lowest BCUT2D eigenvalue weighted by atomic mass is 10.2. The van der Waals surface area contributed by atoms with Crippen LogP contribution in [0.5, 0.6) is 0 Å². The molecule has 0 spiro atoms. The van der Waals surface area contributed by atoms with E-state index in [2.05, 4.69) is 41.4 Å². The van der Waals surface area contributed by atoms with Crippen molar-refractivity contribution in [2.45, 2.75) is 59.0 Å². The van der Waals surface area contributed by atoms with Crippen molar-refractivity contribution in [3.8, 4) is 0 Å². The zero-order chi connectivity index (χ0) is 14.7. The van der Waals surface area contributed by atoms with Crippen LogP contribution in [0.1, 0.15) is 45.1 Å². The second kappa shape index (κ2) is 6.69. The second-order valence-electron chi connectivity index (χ2n) is 5.07. The van der Waals surface area contributed by atoms with Crippen LogP contribution in [0.2, 0.25) is 0 Å². The zero-order valence-corrected chi connectivity index (χ0v) is 14.1. The van der Waals surface area contributed by atoms with Gasteiger partial charge in [0, 0.05) is 19.5 Å². The zero-order valence-electron chi connectivity index (χ0n) is 12.0. The molecule has 0 aliphatic carbocycles. The van der Waals surface area contributed by atoms with E-state index in [9.17, 15) is 9.59 Å². The number of rotatable bonds is 6. The lowest BCUT2D eigenvalue weighted by molar-refractivity contribution is 0.517. The summed E-state index contributed by atoms with van der Waals surface area (Å²) in [4.78, 5) is 29.4. The highest BCUT2D eigenvalue weighted by atomic mass is 127. The minimum Gasteiger partial charge on any atom is -0.278 e. The minimum atomic E-state index is -0.203. The van der Waals surface area contributed by atoms with Crippen molar-refractivity contribution in [2.24, 2.45) is 4.99 Å². The molecule has 0 N–H and O–H groups in total. The topological polar surface area (TPSA) is 56.4 Å². The van der Waals surface area contributed by atoms with Gasteiger partial charge in [0.2, 0.25) is 0 Å². The number of unbranched alkanes of at least 4 members (excludes halogenated alkanes) is 2. The molecule has 0 amide bonds. The molecule has 0 unspecified atom stereocenters. The number of aromatic nitrogens is 2. The van der Waals surface area contributed by atoms with E-state index in [-0.39, 0.29) is 11.2 Å². The number of hydrogen-bond donors (Lipinski definition) is 0.